The van der Waals surface area contributed by atoms with Crippen LogP contribution in [0.1, 0.15) is 31.8 Å². The normalized spacial score (nSPS) is 13.6. The van der Waals surface area contributed by atoms with Gasteiger partial charge < -0.3 is 14.4 Å². The van der Waals surface area contributed by atoms with Gasteiger partial charge in [-0.25, -0.2) is 4.79 Å². The van der Waals surface area contributed by atoms with Crippen LogP contribution in [0.3, 0.4) is 0 Å². The van der Waals surface area contributed by atoms with E-state index in [1.165, 1.54) is 0 Å². The second-order valence-electron chi connectivity index (χ2n) is 7.26. The number of methoxy groups -OCH3 is 1. The monoisotopic (exact) mass is 401 g/mol. The molecule has 4 rings (SSSR count). The van der Waals surface area contributed by atoms with Gasteiger partial charge in [-0.05, 0) is 41.8 Å². The van der Waals surface area contributed by atoms with E-state index >= 15 is 0 Å². The van der Waals surface area contributed by atoms with E-state index in [4.69, 9.17) is 9.47 Å². The Morgan fingerprint density at radius 3 is 2.53 bits per heavy atom. The Labute approximate surface area is 175 Å². The first-order valence-corrected chi connectivity index (χ1v) is 9.89. The molecule has 0 bridgehead atoms. The van der Waals surface area contributed by atoms with Crippen LogP contribution in [0.4, 0.5) is 0 Å². The van der Waals surface area contributed by atoms with E-state index in [1.54, 1.807) is 36.3 Å². The molecule has 30 heavy (non-hydrogen) atoms. The number of carbonyl (C=O) groups excluding carboxylic acids is 2. The lowest BCUT2D eigenvalue weighted by Gasteiger charge is -2.27. The number of hydrogen-bond acceptors (Lipinski definition) is 4. The van der Waals surface area contributed by atoms with Gasteiger partial charge in [0.2, 0.25) is 0 Å². The molecular weight excluding hydrogens is 378 g/mol. The number of carbonyl (C=O) groups is 2. The van der Waals surface area contributed by atoms with Crippen molar-refractivity contribution in [2.45, 2.75) is 19.0 Å². The molecule has 1 amide bonds. The molecule has 0 aromatic heterocycles. The largest absolute Gasteiger partial charge is 0.497 e. The molecule has 0 fully saturated rings. The Balaban J connectivity index is 1.52. The third-order valence-electron chi connectivity index (χ3n) is 5.32. The molecule has 152 valence electrons. The fourth-order valence-corrected chi connectivity index (χ4v) is 3.72. The van der Waals surface area contributed by atoms with Crippen molar-refractivity contribution in [3.8, 4) is 5.75 Å². The molecule has 5 heteroatoms. The van der Waals surface area contributed by atoms with Gasteiger partial charge in [-0.3, -0.25) is 4.79 Å². The number of rotatable bonds is 7. The van der Waals surface area contributed by atoms with Gasteiger partial charge in [0.05, 0.1) is 18.7 Å². The smallest absolute Gasteiger partial charge is 0.338 e. The fraction of sp³-hybridized carbons (Fsp3) is 0.200. The van der Waals surface area contributed by atoms with Crippen LogP contribution in [0.25, 0.3) is 0 Å². The van der Waals surface area contributed by atoms with Gasteiger partial charge in [-0.1, -0.05) is 54.6 Å². The Morgan fingerprint density at radius 2 is 1.77 bits per heavy atom. The Bertz CT molecular complexity index is 1050. The average molecular weight is 401 g/mol. The first-order chi connectivity index (χ1) is 14.7. The predicted molar refractivity (Wildman–Crippen MR) is 114 cm³/mol. The molecule has 0 N–H and O–H groups in total. The Hall–Kier alpha value is -3.60. The number of nitrogens with zero attached hydrogens (tertiary/aromatic N) is 1. The van der Waals surface area contributed by atoms with Crippen molar-refractivity contribution in [1.82, 2.24) is 4.90 Å². The maximum Gasteiger partial charge on any atom is 0.338 e. The summed E-state index contributed by atoms with van der Waals surface area (Å²) in [6.07, 6.45) is 0.603. The summed E-state index contributed by atoms with van der Waals surface area (Å²) in [7, 11) is 1.55. The summed E-state index contributed by atoms with van der Waals surface area (Å²) in [5.74, 6) is 0.135. The van der Waals surface area contributed by atoms with Gasteiger partial charge in [-0.15, -0.1) is 0 Å². The minimum Gasteiger partial charge on any atom is -0.497 e. The Morgan fingerprint density at radius 1 is 1.00 bits per heavy atom. The zero-order valence-corrected chi connectivity index (χ0v) is 16.8. The standard InChI is InChI=1S/C25H23NO4/c1-29-22-12-7-11-19(15-22)25(28)30-17-21(14-18-8-3-2-4-9-18)26-16-20-10-5-6-13-23(20)24(26)27/h2-13,15,21H,14,16-17H2,1H3/t21-/m0/s1. The summed E-state index contributed by atoms with van der Waals surface area (Å²) in [5, 5.41) is 0. The number of benzene rings is 3. The second-order valence-corrected chi connectivity index (χ2v) is 7.26. The lowest BCUT2D eigenvalue weighted by atomic mass is 10.1. The zero-order valence-electron chi connectivity index (χ0n) is 16.8. The summed E-state index contributed by atoms with van der Waals surface area (Å²) >= 11 is 0. The van der Waals surface area contributed by atoms with Crippen molar-refractivity contribution in [1.29, 1.82) is 0 Å². The van der Waals surface area contributed by atoms with E-state index in [0.29, 0.717) is 24.3 Å². The molecule has 0 radical (unpaired) electrons. The van der Waals surface area contributed by atoms with Crippen LogP contribution >= 0.6 is 0 Å². The first kappa shape index (κ1) is 19.7. The van der Waals surface area contributed by atoms with E-state index in [-0.39, 0.29) is 18.6 Å². The minimum atomic E-state index is -0.434. The number of ether oxygens (including phenoxy) is 2. The molecule has 3 aromatic rings. The van der Waals surface area contributed by atoms with Crippen LogP contribution in [-0.4, -0.2) is 36.5 Å². The third-order valence-corrected chi connectivity index (χ3v) is 5.32. The van der Waals surface area contributed by atoms with Crippen LogP contribution in [0.2, 0.25) is 0 Å². The van der Waals surface area contributed by atoms with Crippen LogP contribution in [0, 0.1) is 0 Å². The van der Waals surface area contributed by atoms with Crippen LogP contribution in [0.5, 0.6) is 5.75 Å². The van der Waals surface area contributed by atoms with Crippen LogP contribution < -0.4 is 4.74 Å². The van der Waals surface area contributed by atoms with Crippen molar-refractivity contribution in [3.05, 3.63) is 101 Å². The number of fused-ring (bicyclic) bond motifs is 1. The summed E-state index contributed by atoms with van der Waals surface area (Å²) in [4.78, 5) is 27.4. The molecule has 3 aromatic carbocycles. The third kappa shape index (κ3) is 4.20. The van der Waals surface area contributed by atoms with E-state index < -0.39 is 5.97 Å². The maximum absolute atomic E-state index is 13.0. The van der Waals surface area contributed by atoms with E-state index in [1.807, 2.05) is 54.6 Å². The number of esters is 1. The summed E-state index contributed by atoms with van der Waals surface area (Å²) in [5.41, 5.74) is 3.22. The molecule has 1 heterocycles. The van der Waals surface area contributed by atoms with E-state index in [9.17, 15) is 9.59 Å². The number of amides is 1. The van der Waals surface area contributed by atoms with Gasteiger partial charge in [0.15, 0.2) is 0 Å². The highest BCUT2D eigenvalue weighted by atomic mass is 16.5. The van der Waals surface area contributed by atoms with Gasteiger partial charge in [0.1, 0.15) is 12.4 Å². The van der Waals surface area contributed by atoms with Gasteiger partial charge in [-0.2, -0.15) is 0 Å². The molecule has 0 aliphatic carbocycles. The highest BCUT2D eigenvalue weighted by Crippen LogP contribution is 2.26. The van der Waals surface area contributed by atoms with Gasteiger partial charge >= 0.3 is 5.97 Å². The van der Waals surface area contributed by atoms with E-state index in [0.717, 1.165) is 16.7 Å². The minimum absolute atomic E-state index is 0.0241. The lowest BCUT2D eigenvalue weighted by Crippen LogP contribution is -2.41. The van der Waals surface area contributed by atoms with Crippen molar-refractivity contribution in [2.75, 3.05) is 13.7 Å². The highest BCUT2D eigenvalue weighted by molar-refractivity contribution is 5.98. The second kappa shape index (κ2) is 8.82. The first-order valence-electron chi connectivity index (χ1n) is 9.89. The molecule has 0 saturated heterocycles. The molecule has 1 aliphatic rings. The van der Waals surface area contributed by atoms with Crippen molar-refractivity contribution < 1.29 is 19.1 Å². The zero-order chi connectivity index (χ0) is 20.9. The molecular formula is C25H23NO4. The SMILES string of the molecule is COc1cccc(C(=O)OC[C@H](Cc2ccccc2)N2Cc3ccccc3C2=O)c1. The highest BCUT2D eigenvalue weighted by Gasteiger charge is 2.33. The summed E-state index contributed by atoms with van der Waals surface area (Å²) in [6, 6.07) is 24.1. The summed E-state index contributed by atoms with van der Waals surface area (Å²) in [6.45, 7) is 0.633. The van der Waals surface area contributed by atoms with Gasteiger partial charge in [0, 0.05) is 12.1 Å². The van der Waals surface area contributed by atoms with Crippen molar-refractivity contribution >= 4 is 11.9 Å². The van der Waals surface area contributed by atoms with Crippen molar-refractivity contribution in [3.63, 3.8) is 0 Å². The van der Waals surface area contributed by atoms with Crippen LogP contribution in [0.15, 0.2) is 78.9 Å². The van der Waals surface area contributed by atoms with Crippen molar-refractivity contribution in [2.24, 2.45) is 0 Å². The molecule has 0 saturated carbocycles. The maximum atomic E-state index is 13.0. The number of hydrogen-bond donors (Lipinski definition) is 0. The Kier molecular flexibility index (Phi) is 5.80. The molecule has 1 aliphatic heterocycles. The predicted octanol–water partition coefficient (Wildman–Crippen LogP) is 4.12. The van der Waals surface area contributed by atoms with Gasteiger partial charge in [0.25, 0.3) is 5.91 Å². The molecule has 0 spiro atoms. The molecule has 0 unspecified atom stereocenters. The fourth-order valence-electron chi connectivity index (χ4n) is 3.72. The topological polar surface area (TPSA) is 55.8 Å². The lowest BCUT2D eigenvalue weighted by molar-refractivity contribution is 0.0321. The summed E-state index contributed by atoms with van der Waals surface area (Å²) < 4.78 is 10.8. The van der Waals surface area contributed by atoms with E-state index in [2.05, 4.69) is 0 Å². The molecule has 1 atom stereocenters. The molecule has 5 nitrogen and oxygen atoms in total. The van der Waals surface area contributed by atoms with Crippen LogP contribution in [-0.2, 0) is 17.7 Å². The average Bonchev–Trinajstić information content (AvgIpc) is 3.13. The quantitative estimate of drug-likeness (QED) is 0.559.